The Morgan fingerprint density at radius 3 is 2.75 bits per heavy atom. The maximum Gasteiger partial charge on any atom is 0.256 e. The molecule has 3 N–H and O–H groups in total. The molecule has 0 fully saturated rings. The summed E-state index contributed by atoms with van der Waals surface area (Å²) in [5, 5.41) is 8.98. The van der Waals surface area contributed by atoms with Crippen molar-refractivity contribution in [1.29, 1.82) is 0 Å². The summed E-state index contributed by atoms with van der Waals surface area (Å²) in [5.74, 6) is -0.188. The molecule has 88 valence electrons. The lowest BCUT2D eigenvalue weighted by molar-refractivity contribution is 0.0683. The summed E-state index contributed by atoms with van der Waals surface area (Å²) in [7, 11) is 1.64. The predicted molar refractivity (Wildman–Crippen MR) is 67.2 cm³/mol. The third-order valence-corrected chi connectivity index (χ3v) is 2.98. The molecule has 0 aliphatic carbocycles. The highest BCUT2D eigenvalue weighted by atomic mass is 79.9. The van der Waals surface area contributed by atoms with Crippen molar-refractivity contribution in [3.63, 3.8) is 0 Å². The second-order valence-electron chi connectivity index (χ2n) is 3.68. The van der Waals surface area contributed by atoms with E-state index in [0.29, 0.717) is 11.3 Å². The van der Waals surface area contributed by atoms with Gasteiger partial charge in [0.1, 0.15) is 0 Å². The van der Waals surface area contributed by atoms with Crippen LogP contribution in [0.4, 0.5) is 5.69 Å². The monoisotopic (exact) mass is 286 g/mol. The quantitative estimate of drug-likeness (QED) is 0.828. The minimum Gasteiger partial charge on any atom is -0.398 e. The van der Waals surface area contributed by atoms with Gasteiger partial charge in [-0.15, -0.1) is 0 Å². The van der Waals surface area contributed by atoms with E-state index in [1.165, 1.54) is 4.90 Å². The first-order valence-corrected chi connectivity index (χ1v) is 5.69. The molecule has 0 saturated carbocycles. The fourth-order valence-electron chi connectivity index (χ4n) is 1.24. The fourth-order valence-corrected chi connectivity index (χ4v) is 1.62. The number of anilines is 1. The van der Waals surface area contributed by atoms with E-state index in [1.54, 1.807) is 32.2 Å². The fraction of sp³-hybridized carbons (Fsp3) is 0.364. The van der Waals surface area contributed by atoms with Crippen molar-refractivity contribution in [3.8, 4) is 0 Å². The summed E-state index contributed by atoms with van der Waals surface area (Å²) >= 11 is 3.28. The number of aliphatic hydroxyl groups is 1. The van der Waals surface area contributed by atoms with Crippen molar-refractivity contribution in [1.82, 2.24) is 4.90 Å². The van der Waals surface area contributed by atoms with Crippen LogP contribution in [-0.4, -0.2) is 35.6 Å². The number of benzene rings is 1. The Hall–Kier alpha value is -1.07. The smallest absolute Gasteiger partial charge is 0.256 e. The average Bonchev–Trinajstić information content (AvgIpc) is 2.26. The standard InChI is InChI=1S/C11H15BrN2O2/c1-7(6-15)14(2)11(16)9-4-3-8(12)5-10(9)13/h3-5,7,15H,6,13H2,1-2H3. The van der Waals surface area contributed by atoms with Gasteiger partial charge in [-0.2, -0.15) is 0 Å². The van der Waals surface area contributed by atoms with Gasteiger partial charge in [-0.25, -0.2) is 0 Å². The van der Waals surface area contributed by atoms with Crippen LogP contribution in [0.15, 0.2) is 22.7 Å². The molecule has 0 aliphatic heterocycles. The Morgan fingerprint density at radius 1 is 1.62 bits per heavy atom. The van der Waals surface area contributed by atoms with Gasteiger partial charge in [0.2, 0.25) is 0 Å². The van der Waals surface area contributed by atoms with E-state index < -0.39 is 0 Å². The summed E-state index contributed by atoms with van der Waals surface area (Å²) in [6.45, 7) is 1.70. The van der Waals surface area contributed by atoms with Gasteiger partial charge in [-0.3, -0.25) is 4.79 Å². The maximum atomic E-state index is 12.0. The zero-order chi connectivity index (χ0) is 12.3. The van der Waals surface area contributed by atoms with Crippen LogP contribution < -0.4 is 5.73 Å². The van der Waals surface area contributed by atoms with Gasteiger partial charge in [0, 0.05) is 17.2 Å². The van der Waals surface area contributed by atoms with Crippen LogP contribution in [0, 0.1) is 0 Å². The van der Waals surface area contributed by atoms with Crippen molar-refractivity contribution in [2.75, 3.05) is 19.4 Å². The molecule has 16 heavy (non-hydrogen) atoms. The number of hydrogen-bond acceptors (Lipinski definition) is 3. The van der Waals surface area contributed by atoms with Crippen LogP contribution in [0.2, 0.25) is 0 Å². The average molecular weight is 287 g/mol. The predicted octanol–water partition coefficient (Wildman–Crippen LogP) is 1.48. The molecule has 1 unspecified atom stereocenters. The Labute approximate surface area is 103 Å². The van der Waals surface area contributed by atoms with Gasteiger partial charge < -0.3 is 15.7 Å². The number of aliphatic hydroxyl groups excluding tert-OH is 1. The molecule has 1 amide bonds. The summed E-state index contributed by atoms with van der Waals surface area (Å²) in [6, 6.07) is 4.89. The third-order valence-electron chi connectivity index (χ3n) is 2.49. The van der Waals surface area contributed by atoms with E-state index in [-0.39, 0.29) is 18.6 Å². The van der Waals surface area contributed by atoms with Crippen molar-refractivity contribution in [2.45, 2.75) is 13.0 Å². The second-order valence-corrected chi connectivity index (χ2v) is 4.59. The van der Waals surface area contributed by atoms with Gasteiger partial charge in [-0.05, 0) is 25.1 Å². The zero-order valence-corrected chi connectivity index (χ0v) is 10.9. The molecule has 0 bridgehead atoms. The number of nitrogens with zero attached hydrogens (tertiary/aromatic N) is 1. The van der Waals surface area contributed by atoms with Crippen molar-refractivity contribution in [3.05, 3.63) is 28.2 Å². The lowest BCUT2D eigenvalue weighted by Gasteiger charge is -2.23. The Kier molecular flexibility index (Phi) is 4.32. The molecule has 0 heterocycles. The van der Waals surface area contributed by atoms with Gasteiger partial charge in [0.05, 0.1) is 18.2 Å². The normalized spacial score (nSPS) is 12.2. The molecular weight excluding hydrogens is 272 g/mol. The molecule has 4 nitrogen and oxygen atoms in total. The van der Waals surface area contributed by atoms with E-state index >= 15 is 0 Å². The number of likely N-dealkylation sites (N-methyl/N-ethyl adjacent to an activating group) is 1. The minimum atomic E-state index is -0.226. The highest BCUT2D eigenvalue weighted by Gasteiger charge is 2.18. The number of carbonyl (C=O) groups excluding carboxylic acids is 1. The van der Waals surface area contributed by atoms with E-state index in [0.717, 1.165) is 4.47 Å². The van der Waals surface area contributed by atoms with Crippen molar-refractivity contribution >= 4 is 27.5 Å². The van der Waals surface area contributed by atoms with E-state index in [2.05, 4.69) is 15.9 Å². The van der Waals surface area contributed by atoms with Crippen LogP contribution in [0.5, 0.6) is 0 Å². The lowest BCUT2D eigenvalue weighted by Crippen LogP contribution is -2.37. The minimum absolute atomic E-state index is 0.0708. The lowest BCUT2D eigenvalue weighted by atomic mass is 10.1. The van der Waals surface area contributed by atoms with Gasteiger partial charge in [0.25, 0.3) is 5.91 Å². The third kappa shape index (κ3) is 2.74. The number of nitrogens with two attached hydrogens (primary N) is 1. The topological polar surface area (TPSA) is 66.6 Å². The van der Waals surface area contributed by atoms with Crippen molar-refractivity contribution in [2.24, 2.45) is 0 Å². The highest BCUT2D eigenvalue weighted by molar-refractivity contribution is 9.10. The molecule has 0 spiro atoms. The number of carbonyl (C=O) groups is 1. The Morgan fingerprint density at radius 2 is 2.25 bits per heavy atom. The molecule has 1 rings (SSSR count). The number of nitrogen functional groups attached to an aromatic ring is 1. The van der Waals surface area contributed by atoms with Gasteiger partial charge in [0.15, 0.2) is 0 Å². The molecular formula is C11H15BrN2O2. The number of halogens is 1. The van der Waals surface area contributed by atoms with Crippen LogP contribution in [0.25, 0.3) is 0 Å². The molecule has 0 saturated heterocycles. The van der Waals surface area contributed by atoms with Crippen LogP contribution >= 0.6 is 15.9 Å². The number of hydrogen-bond donors (Lipinski definition) is 2. The van der Waals surface area contributed by atoms with E-state index in [4.69, 9.17) is 10.8 Å². The van der Waals surface area contributed by atoms with E-state index in [1.807, 2.05) is 0 Å². The largest absolute Gasteiger partial charge is 0.398 e. The molecule has 0 radical (unpaired) electrons. The molecule has 1 aromatic rings. The summed E-state index contributed by atoms with van der Waals surface area (Å²) < 4.78 is 0.833. The molecule has 0 aromatic heterocycles. The van der Waals surface area contributed by atoms with Gasteiger partial charge >= 0.3 is 0 Å². The molecule has 1 atom stereocenters. The summed E-state index contributed by atoms with van der Waals surface area (Å²) in [6.07, 6.45) is 0. The van der Waals surface area contributed by atoms with Crippen molar-refractivity contribution < 1.29 is 9.90 Å². The maximum absolute atomic E-state index is 12.0. The first-order chi connectivity index (χ1) is 7.47. The molecule has 5 heteroatoms. The second kappa shape index (κ2) is 5.32. The zero-order valence-electron chi connectivity index (χ0n) is 9.27. The molecule has 1 aromatic carbocycles. The van der Waals surface area contributed by atoms with Crippen LogP contribution in [0.3, 0.4) is 0 Å². The first-order valence-electron chi connectivity index (χ1n) is 4.90. The van der Waals surface area contributed by atoms with Gasteiger partial charge in [-0.1, -0.05) is 15.9 Å². The van der Waals surface area contributed by atoms with Crippen LogP contribution in [0.1, 0.15) is 17.3 Å². The number of rotatable bonds is 3. The Balaban J connectivity index is 2.96. The van der Waals surface area contributed by atoms with Crippen LogP contribution in [-0.2, 0) is 0 Å². The SMILES string of the molecule is CC(CO)N(C)C(=O)c1ccc(Br)cc1N. The first kappa shape index (κ1) is 13.0. The summed E-state index contributed by atoms with van der Waals surface area (Å²) in [5.41, 5.74) is 6.64. The Bertz CT molecular complexity index is 396. The summed E-state index contributed by atoms with van der Waals surface area (Å²) in [4.78, 5) is 13.5. The molecule has 0 aliphatic rings. The van der Waals surface area contributed by atoms with E-state index in [9.17, 15) is 4.79 Å². The highest BCUT2D eigenvalue weighted by Crippen LogP contribution is 2.20. The number of amides is 1.